The van der Waals surface area contributed by atoms with Gasteiger partial charge in [-0.3, -0.25) is 4.79 Å². The number of ether oxygens (including phenoxy) is 1. The van der Waals surface area contributed by atoms with Crippen molar-refractivity contribution in [2.75, 3.05) is 26.2 Å². The number of hydrogen-bond donors (Lipinski definition) is 1. The number of carbonyl (C=O) groups excluding carboxylic acids is 1. The van der Waals surface area contributed by atoms with Crippen molar-refractivity contribution in [2.45, 2.75) is 6.04 Å². The molecule has 1 atom stereocenters. The van der Waals surface area contributed by atoms with Gasteiger partial charge in [-0.05, 0) is 23.8 Å². The fourth-order valence-electron chi connectivity index (χ4n) is 2.84. The second-order valence-electron chi connectivity index (χ2n) is 5.69. The monoisotopic (exact) mass is 402 g/mol. The van der Waals surface area contributed by atoms with E-state index in [2.05, 4.69) is 5.32 Å². The van der Waals surface area contributed by atoms with Crippen LogP contribution in [0, 0.1) is 11.6 Å². The maximum Gasteiger partial charge on any atom is 0.261 e. The van der Waals surface area contributed by atoms with Crippen molar-refractivity contribution >= 4 is 29.9 Å². The first-order valence-electron chi connectivity index (χ1n) is 7.88. The van der Waals surface area contributed by atoms with Gasteiger partial charge in [0.2, 0.25) is 0 Å². The van der Waals surface area contributed by atoms with Gasteiger partial charge in [0.15, 0.2) is 18.2 Å². The van der Waals surface area contributed by atoms with Crippen LogP contribution in [-0.2, 0) is 4.79 Å². The van der Waals surface area contributed by atoms with E-state index >= 15 is 0 Å². The van der Waals surface area contributed by atoms with Crippen LogP contribution in [0.5, 0.6) is 5.75 Å². The van der Waals surface area contributed by atoms with Crippen LogP contribution in [0.1, 0.15) is 11.6 Å². The predicted molar refractivity (Wildman–Crippen MR) is 97.9 cm³/mol. The van der Waals surface area contributed by atoms with E-state index in [0.29, 0.717) is 24.7 Å². The largest absolute Gasteiger partial charge is 0.481 e. The highest BCUT2D eigenvalue weighted by molar-refractivity contribution is 6.31. The fraction of sp³-hybridized carbons (Fsp3) is 0.278. The highest BCUT2D eigenvalue weighted by Crippen LogP contribution is 2.28. The minimum atomic E-state index is -0.837. The lowest BCUT2D eigenvalue weighted by Gasteiger charge is -2.36. The molecule has 2 aromatic carbocycles. The molecule has 2 aromatic rings. The summed E-state index contributed by atoms with van der Waals surface area (Å²) in [5.74, 6) is -1.97. The summed E-state index contributed by atoms with van der Waals surface area (Å²) in [6, 6.07) is 10.1. The van der Waals surface area contributed by atoms with E-state index in [9.17, 15) is 13.6 Å². The molecule has 1 fully saturated rings. The molecule has 1 heterocycles. The quantitative estimate of drug-likeness (QED) is 0.849. The van der Waals surface area contributed by atoms with E-state index < -0.39 is 11.6 Å². The van der Waals surface area contributed by atoms with Gasteiger partial charge in [0, 0.05) is 30.7 Å². The molecule has 0 saturated carbocycles. The minimum absolute atomic E-state index is 0. The molecule has 0 aliphatic carbocycles. The Morgan fingerprint density at radius 2 is 2.04 bits per heavy atom. The summed E-state index contributed by atoms with van der Waals surface area (Å²) in [4.78, 5) is 14.2. The van der Waals surface area contributed by atoms with Gasteiger partial charge in [-0.15, -0.1) is 12.4 Å². The van der Waals surface area contributed by atoms with Gasteiger partial charge < -0.3 is 15.0 Å². The Bertz CT molecular complexity index is 777. The molecule has 4 nitrogen and oxygen atoms in total. The van der Waals surface area contributed by atoms with E-state index in [0.717, 1.165) is 17.7 Å². The maximum absolute atomic E-state index is 13.6. The average molecular weight is 403 g/mol. The van der Waals surface area contributed by atoms with Gasteiger partial charge in [-0.1, -0.05) is 29.8 Å². The number of piperazine rings is 1. The van der Waals surface area contributed by atoms with Crippen molar-refractivity contribution < 1.29 is 18.3 Å². The molecule has 26 heavy (non-hydrogen) atoms. The number of nitrogens with zero attached hydrogens (tertiary/aromatic N) is 1. The lowest BCUT2D eigenvalue weighted by Crippen LogP contribution is -2.50. The Labute approximate surface area is 161 Å². The number of carbonyl (C=O) groups is 1. The molecule has 0 bridgehead atoms. The smallest absolute Gasteiger partial charge is 0.261 e. The molecule has 8 heteroatoms. The van der Waals surface area contributed by atoms with Crippen LogP contribution in [0.2, 0.25) is 5.02 Å². The van der Waals surface area contributed by atoms with Crippen LogP contribution in [0.15, 0.2) is 42.5 Å². The predicted octanol–water partition coefficient (Wildman–Crippen LogP) is 3.59. The molecule has 0 aromatic heterocycles. The number of rotatable bonds is 4. The molecule has 1 amide bonds. The van der Waals surface area contributed by atoms with Crippen molar-refractivity contribution in [3.05, 3.63) is 64.7 Å². The molecular formula is C18H18Cl2F2N2O2. The second kappa shape index (κ2) is 9.16. The number of nitrogens with one attached hydrogen (secondary N) is 1. The molecule has 1 unspecified atom stereocenters. The second-order valence-corrected chi connectivity index (χ2v) is 6.10. The summed E-state index contributed by atoms with van der Waals surface area (Å²) in [7, 11) is 0. The summed E-state index contributed by atoms with van der Waals surface area (Å²) in [6.07, 6.45) is 0. The van der Waals surface area contributed by atoms with E-state index in [1.807, 2.05) is 18.2 Å². The SMILES string of the molecule is Cl.O=C(COc1ccc(F)cc1F)N1CCNCC1c1ccccc1Cl. The Morgan fingerprint density at radius 3 is 2.77 bits per heavy atom. The Balaban J connectivity index is 0.00000243. The molecule has 1 aliphatic rings. The van der Waals surface area contributed by atoms with Gasteiger partial charge in [-0.25, -0.2) is 8.78 Å². The molecular weight excluding hydrogens is 385 g/mol. The normalized spacial score (nSPS) is 16.7. The van der Waals surface area contributed by atoms with Crippen molar-refractivity contribution in [1.82, 2.24) is 10.2 Å². The summed E-state index contributed by atoms with van der Waals surface area (Å²) in [5.41, 5.74) is 0.845. The van der Waals surface area contributed by atoms with Gasteiger partial charge in [0.05, 0.1) is 6.04 Å². The zero-order chi connectivity index (χ0) is 17.8. The van der Waals surface area contributed by atoms with Crippen LogP contribution in [0.4, 0.5) is 8.78 Å². The van der Waals surface area contributed by atoms with E-state index in [1.54, 1.807) is 11.0 Å². The van der Waals surface area contributed by atoms with E-state index in [-0.39, 0.29) is 36.7 Å². The topological polar surface area (TPSA) is 41.6 Å². The van der Waals surface area contributed by atoms with Crippen molar-refractivity contribution in [1.29, 1.82) is 0 Å². The summed E-state index contributed by atoms with van der Waals surface area (Å²) >= 11 is 6.25. The third-order valence-electron chi connectivity index (χ3n) is 4.07. The Morgan fingerprint density at radius 1 is 1.27 bits per heavy atom. The zero-order valence-corrected chi connectivity index (χ0v) is 15.3. The van der Waals surface area contributed by atoms with Crippen LogP contribution >= 0.6 is 24.0 Å². The molecule has 3 rings (SSSR count). The maximum atomic E-state index is 13.6. The summed E-state index contributed by atoms with van der Waals surface area (Å²) in [6.45, 7) is 1.38. The van der Waals surface area contributed by atoms with Gasteiger partial charge in [0.1, 0.15) is 5.82 Å². The van der Waals surface area contributed by atoms with Crippen molar-refractivity contribution in [3.8, 4) is 5.75 Å². The molecule has 140 valence electrons. The first kappa shape index (κ1) is 20.4. The van der Waals surface area contributed by atoms with E-state index in [1.165, 1.54) is 6.07 Å². The number of halogens is 4. The van der Waals surface area contributed by atoms with Crippen molar-refractivity contribution in [3.63, 3.8) is 0 Å². The summed E-state index contributed by atoms with van der Waals surface area (Å²) in [5, 5.41) is 3.82. The first-order valence-corrected chi connectivity index (χ1v) is 8.26. The van der Waals surface area contributed by atoms with Crippen molar-refractivity contribution in [2.24, 2.45) is 0 Å². The zero-order valence-electron chi connectivity index (χ0n) is 13.8. The van der Waals surface area contributed by atoms with Crippen LogP contribution in [0.3, 0.4) is 0 Å². The number of benzene rings is 2. The highest BCUT2D eigenvalue weighted by Gasteiger charge is 2.29. The molecule has 1 aliphatic heterocycles. The Kier molecular flexibility index (Phi) is 7.20. The van der Waals surface area contributed by atoms with Gasteiger partial charge in [0.25, 0.3) is 5.91 Å². The number of amides is 1. The van der Waals surface area contributed by atoms with E-state index in [4.69, 9.17) is 16.3 Å². The third kappa shape index (κ3) is 4.63. The number of hydrogen-bond acceptors (Lipinski definition) is 3. The minimum Gasteiger partial charge on any atom is -0.481 e. The van der Waals surface area contributed by atoms with Crippen LogP contribution in [-0.4, -0.2) is 37.0 Å². The first-order chi connectivity index (χ1) is 12.1. The average Bonchev–Trinajstić information content (AvgIpc) is 2.61. The fourth-order valence-corrected chi connectivity index (χ4v) is 3.10. The lowest BCUT2D eigenvalue weighted by atomic mass is 10.0. The highest BCUT2D eigenvalue weighted by atomic mass is 35.5. The molecule has 0 spiro atoms. The third-order valence-corrected chi connectivity index (χ3v) is 4.42. The molecule has 0 radical (unpaired) electrons. The summed E-state index contributed by atoms with van der Waals surface area (Å²) < 4.78 is 31.8. The molecule has 1 saturated heterocycles. The van der Waals surface area contributed by atoms with Crippen LogP contribution in [0.25, 0.3) is 0 Å². The standard InChI is InChI=1S/C18H17ClF2N2O2.ClH/c19-14-4-2-1-3-13(14)16-10-22-7-8-23(16)18(24)11-25-17-6-5-12(20)9-15(17)21;/h1-6,9,16,22H,7-8,10-11H2;1H. The van der Waals surface area contributed by atoms with Gasteiger partial charge >= 0.3 is 0 Å². The Hall–Kier alpha value is -1.89. The molecule has 1 N–H and O–H groups in total. The van der Waals surface area contributed by atoms with Gasteiger partial charge in [-0.2, -0.15) is 0 Å². The van der Waals surface area contributed by atoms with Crippen LogP contribution < -0.4 is 10.1 Å². The lowest BCUT2D eigenvalue weighted by molar-refractivity contribution is -0.136.